The van der Waals surface area contributed by atoms with Crippen LogP contribution in [-0.2, 0) is 15.3 Å². The van der Waals surface area contributed by atoms with E-state index in [-0.39, 0.29) is 0 Å². The van der Waals surface area contributed by atoms with Crippen molar-refractivity contribution in [1.29, 1.82) is 0 Å². The van der Waals surface area contributed by atoms with Crippen LogP contribution >= 0.6 is 0 Å². The van der Waals surface area contributed by atoms with E-state index < -0.39 is 33.6 Å². The first-order valence-electron chi connectivity index (χ1n) is 18.4. The van der Waals surface area contributed by atoms with Crippen LogP contribution in [0.3, 0.4) is 0 Å². The second-order valence-corrected chi connectivity index (χ2v) is 26.9. The molecule has 1 aliphatic carbocycles. The molecule has 0 aromatic heterocycles. The Morgan fingerprint density at radius 3 is 1.43 bits per heavy atom. The summed E-state index contributed by atoms with van der Waals surface area (Å²) < 4.78 is 34.5. The van der Waals surface area contributed by atoms with Crippen LogP contribution in [0.15, 0.2) is 210 Å². The van der Waals surface area contributed by atoms with Gasteiger partial charge in [-0.05, 0) is 0 Å². The van der Waals surface area contributed by atoms with Gasteiger partial charge in [-0.2, -0.15) is 0 Å². The zero-order valence-electron chi connectivity index (χ0n) is 29.2. The SMILES string of the molecule is O=S1(=O)c2cccc[c]2[Sn]([c]2ccccc2)([c]2ccccc2)[c]2ccc(N3c4ccccc4C4(c5ccccc5-c5ccccc54)c4ccccc43)cc21. The summed E-state index contributed by atoms with van der Waals surface area (Å²) in [5, 5.41) is 0. The maximum atomic E-state index is 15.1. The Labute approximate surface area is 319 Å². The molecular formula is C49H33NO2SSn. The van der Waals surface area contributed by atoms with E-state index >= 15 is 8.42 Å². The molecule has 0 saturated heterocycles. The number of hydrogen-bond acceptors (Lipinski definition) is 3. The van der Waals surface area contributed by atoms with E-state index in [0.29, 0.717) is 9.79 Å². The first-order valence-corrected chi connectivity index (χ1v) is 25.5. The standard InChI is InChI=1S/C37H23NO2S.2C6H5.Sn/c39-41(40,27-14-2-1-3-15-27)28-16-12-13-26(25-28)38-35-23-10-8-21-33(35)37(34-22-9-11-24-36(34)38)31-19-6-4-17-29(31)30-18-5-7-20-32(30)37;2*1-2-4-6-5-3-1;/h1-14,17-25H;2*1-5H;. The molecule has 0 saturated carbocycles. The fraction of sp³-hybridized carbons (Fsp3) is 0.0204. The molecule has 8 aromatic rings. The minimum absolute atomic E-state index is 0.411. The fourth-order valence-electron chi connectivity index (χ4n) is 9.96. The first kappa shape index (κ1) is 31.8. The fourth-order valence-corrected chi connectivity index (χ4v) is 29.6. The van der Waals surface area contributed by atoms with Gasteiger partial charge in [0.05, 0.1) is 0 Å². The molecule has 0 unspecified atom stereocenters. The van der Waals surface area contributed by atoms with Crippen molar-refractivity contribution in [1.82, 2.24) is 0 Å². The third kappa shape index (κ3) is 3.99. The van der Waals surface area contributed by atoms with Gasteiger partial charge in [0.25, 0.3) is 0 Å². The molecule has 3 aliphatic rings. The predicted molar refractivity (Wildman–Crippen MR) is 221 cm³/mol. The number of nitrogens with zero attached hydrogens (tertiary/aromatic N) is 1. The van der Waals surface area contributed by atoms with Gasteiger partial charge < -0.3 is 0 Å². The van der Waals surface area contributed by atoms with Gasteiger partial charge in [0, 0.05) is 0 Å². The van der Waals surface area contributed by atoms with E-state index in [1.165, 1.54) is 40.5 Å². The normalized spacial score (nSPS) is 16.0. The van der Waals surface area contributed by atoms with E-state index in [0.717, 1.165) is 24.2 Å². The van der Waals surface area contributed by atoms with Crippen LogP contribution in [0, 0.1) is 0 Å². The number of hydrogen-bond donors (Lipinski definition) is 0. The van der Waals surface area contributed by atoms with E-state index in [1.807, 2.05) is 36.4 Å². The third-order valence-corrected chi connectivity index (χ3v) is 28.8. The molecule has 2 aliphatic heterocycles. The average Bonchev–Trinajstić information content (AvgIpc) is 3.53. The van der Waals surface area contributed by atoms with Crippen LogP contribution in [0.25, 0.3) is 11.1 Å². The number of para-hydroxylation sites is 2. The number of rotatable bonds is 3. The van der Waals surface area contributed by atoms with Gasteiger partial charge in [-0.15, -0.1) is 0 Å². The van der Waals surface area contributed by atoms with Gasteiger partial charge in [-0.3, -0.25) is 0 Å². The van der Waals surface area contributed by atoms with Crippen molar-refractivity contribution in [3.05, 3.63) is 222 Å². The van der Waals surface area contributed by atoms with Crippen molar-refractivity contribution in [3.8, 4) is 11.1 Å². The summed E-state index contributed by atoms with van der Waals surface area (Å²) in [6.07, 6.45) is 0. The molecule has 0 radical (unpaired) electrons. The van der Waals surface area contributed by atoms with Crippen molar-refractivity contribution >= 4 is 59.6 Å². The minimum atomic E-state index is -4.22. The number of fused-ring (bicyclic) bond motifs is 11. The molecule has 1 spiro atoms. The van der Waals surface area contributed by atoms with Gasteiger partial charge in [-0.1, -0.05) is 0 Å². The van der Waals surface area contributed by atoms with Crippen molar-refractivity contribution in [2.75, 3.05) is 4.90 Å². The molecule has 2 heterocycles. The molecular weight excluding hydrogens is 785 g/mol. The Morgan fingerprint density at radius 1 is 0.407 bits per heavy atom. The Kier molecular flexibility index (Phi) is 6.86. The molecule has 0 amide bonds. The van der Waals surface area contributed by atoms with Crippen molar-refractivity contribution < 1.29 is 8.42 Å². The molecule has 0 N–H and O–H groups in total. The molecule has 54 heavy (non-hydrogen) atoms. The Balaban J connectivity index is 1.21. The van der Waals surface area contributed by atoms with Crippen molar-refractivity contribution in [2.24, 2.45) is 0 Å². The average molecular weight is 819 g/mol. The Morgan fingerprint density at radius 2 is 0.852 bits per heavy atom. The van der Waals surface area contributed by atoms with Crippen LogP contribution in [0.2, 0.25) is 0 Å². The van der Waals surface area contributed by atoms with Crippen LogP contribution in [-0.4, -0.2) is 26.8 Å². The molecule has 256 valence electrons. The summed E-state index contributed by atoms with van der Waals surface area (Å²) in [6, 6.07) is 70.3. The second kappa shape index (κ2) is 11.7. The molecule has 0 atom stereocenters. The summed E-state index contributed by atoms with van der Waals surface area (Å²) in [6.45, 7) is 0. The molecule has 0 bridgehead atoms. The summed E-state index contributed by atoms with van der Waals surface area (Å²) >= 11 is -4.22. The van der Waals surface area contributed by atoms with Gasteiger partial charge in [0.1, 0.15) is 0 Å². The summed E-state index contributed by atoms with van der Waals surface area (Å²) in [5.74, 6) is 0. The van der Waals surface area contributed by atoms with Crippen LogP contribution < -0.4 is 19.2 Å². The second-order valence-electron chi connectivity index (χ2n) is 14.4. The topological polar surface area (TPSA) is 37.4 Å². The first-order chi connectivity index (χ1) is 26.6. The molecule has 11 rings (SSSR count). The van der Waals surface area contributed by atoms with E-state index in [4.69, 9.17) is 0 Å². The van der Waals surface area contributed by atoms with Gasteiger partial charge >= 0.3 is 322 Å². The summed E-state index contributed by atoms with van der Waals surface area (Å²) in [5.41, 5.74) is 9.73. The van der Waals surface area contributed by atoms with Crippen molar-refractivity contribution in [3.63, 3.8) is 0 Å². The van der Waals surface area contributed by atoms with Crippen LogP contribution in [0.1, 0.15) is 22.3 Å². The van der Waals surface area contributed by atoms with Gasteiger partial charge in [0.2, 0.25) is 0 Å². The van der Waals surface area contributed by atoms with Crippen LogP contribution in [0.5, 0.6) is 0 Å². The molecule has 0 fully saturated rings. The number of anilines is 3. The maximum absolute atomic E-state index is 15.1. The summed E-state index contributed by atoms with van der Waals surface area (Å²) in [7, 11) is -3.88. The van der Waals surface area contributed by atoms with E-state index in [9.17, 15) is 0 Å². The van der Waals surface area contributed by atoms with E-state index in [2.05, 4.69) is 169 Å². The zero-order valence-corrected chi connectivity index (χ0v) is 32.9. The van der Waals surface area contributed by atoms with Crippen LogP contribution in [0.4, 0.5) is 17.1 Å². The predicted octanol–water partition coefficient (Wildman–Crippen LogP) is 8.36. The monoisotopic (exact) mass is 819 g/mol. The zero-order chi connectivity index (χ0) is 36.1. The van der Waals surface area contributed by atoms with Gasteiger partial charge in [-0.25, -0.2) is 0 Å². The van der Waals surface area contributed by atoms with Gasteiger partial charge in [0.15, 0.2) is 0 Å². The number of sulfone groups is 1. The molecule has 3 nitrogen and oxygen atoms in total. The Bertz CT molecular complexity index is 2790. The Hall–Kier alpha value is -5.69. The van der Waals surface area contributed by atoms with Crippen molar-refractivity contribution in [2.45, 2.75) is 15.2 Å². The molecule has 5 heteroatoms. The number of benzene rings is 8. The third-order valence-electron chi connectivity index (χ3n) is 12.0. The quantitative estimate of drug-likeness (QED) is 0.168. The summed E-state index contributed by atoms with van der Waals surface area (Å²) in [4.78, 5) is 3.13. The molecule has 8 aromatic carbocycles. The van der Waals surface area contributed by atoms with E-state index in [1.54, 1.807) is 0 Å².